The van der Waals surface area contributed by atoms with Crippen molar-refractivity contribution in [1.29, 1.82) is 0 Å². The van der Waals surface area contributed by atoms with Gasteiger partial charge in [-0.1, -0.05) is 72.0 Å². The van der Waals surface area contributed by atoms with E-state index in [9.17, 15) is 0 Å². The molecular weight excluding hydrogens is 505 g/mol. The summed E-state index contributed by atoms with van der Waals surface area (Å²) < 4.78 is 0. The van der Waals surface area contributed by atoms with E-state index in [2.05, 4.69) is 99.6 Å². The zero-order valence-electron chi connectivity index (χ0n) is 17.9. The minimum absolute atomic E-state index is 0. The summed E-state index contributed by atoms with van der Waals surface area (Å²) in [6.45, 7) is 6.61. The molecule has 0 fully saturated rings. The Labute approximate surface area is 215 Å². The average molecular weight is 535 g/mol. The van der Waals surface area contributed by atoms with Crippen LogP contribution in [0, 0.1) is 13.8 Å². The molecule has 4 aromatic carbocycles. The summed E-state index contributed by atoms with van der Waals surface area (Å²) in [6.07, 6.45) is 3.88. The fraction of sp³-hybridized carbons (Fsp3) is 0.231. The van der Waals surface area contributed by atoms with Crippen LogP contribution in [0.3, 0.4) is 0 Å². The molecule has 0 aliphatic rings. The van der Waals surface area contributed by atoms with Crippen molar-refractivity contribution in [2.45, 2.75) is 40.0 Å². The first-order valence-corrected chi connectivity index (χ1v) is 10.9. The van der Waals surface area contributed by atoms with E-state index >= 15 is 0 Å². The van der Waals surface area contributed by atoms with Gasteiger partial charge in [-0.3, -0.25) is 0 Å². The molecule has 0 bridgehead atoms. The molecule has 0 aliphatic carbocycles. The summed E-state index contributed by atoms with van der Waals surface area (Å²) in [7, 11) is 0.759. The third kappa shape index (κ3) is 8.44. The summed E-state index contributed by atoms with van der Waals surface area (Å²) in [5.74, 6) is 0. The van der Waals surface area contributed by atoms with Crippen molar-refractivity contribution in [3.63, 3.8) is 0 Å². The first-order chi connectivity index (χ1) is 13.2. The van der Waals surface area contributed by atoms with E-state index in [-0.39, 0.29) is 51.0 Å². The fourth-order valence-corrected chi connectivity index (χ4v) is 4.51. The number of hydrogen-bond acceptors (Lipinski definition) is 0. The van der Waals surface area contributed by atoms with Gasteiger partial charge in [0.25, 0.3) is 0 Å². The number of rotatable bonds is 5. The van der Waals surface area contributed by atoms with Gasteiger partial charge in [-0.15, -0.1) is 40.3 Å². The molecule has 0 heterocycles. The first-order valence-electron chi connectivity index (χ1n) is 9.86. The van der Waals surface area contributed by atoms with Crippen molar-refractivity contribution in [3.8, 4) is 0 Å². The maximum atomic E-state index is 2.31. The standard InChI is InChI=1S/C16H14P.C10H15.2ClH.Zr/c1-12-6-2-5-9-16(12)17-15-10-13-7-3-4-8-14(13)11-15;1-3-4-7-10-8-5-6-9(10)2;;;/h2-11,17H,1H3;5-6,8H,3-4,7H2,1-2H3;2*1H;/q2*-1;;;+4/p-2. The third-order valence-electron chi connectivity index (χ3n) is 4.99. The van der Waals surface area contributed by atoms with Crippen molar-refractivity contribution in [2.24, 2.45) is 0 Å². The normalized spacial score (nSPS) is 9.97. The van der Waals surface area contributed by atoms with Crippen LogP contribution in [-0.4, -0.2) is 0 Å². The Morgan fingerprint density at radius 3 is 2.23 bits per heavy atom. The minimum Gasteiger partial charge on any atom is -1.00 e. The van der Waals surface area contributed by atoms with Gasteiger partial charge in [0.15, 0.2) is 0 Å². The Morgan fingerprint density at radius 1 is 0.900 bits per heavy atom. The van der Waals surface area contributed by atoms with Gasteiger partial charge in [0.1, 0.15) is 0 Å². The van der Waals surface area contributed by atoms with E-state index in [1.165, 1.54) is 57.3 Å². The van der Waals surface area contributed by atoms with Gasteiger partial charge in [0, 0.05) is 0 Å². The average Bonchev–Trinajstić information content (AvgIpc) is 3.27. The second kappa shape index (κ2) is 15.2. The number of unbranched alkanes of at least 4 members (excludes halogenated alkanes) is 1. The zero-order chi connectivity index (χ0) is 19.1. The van der Waals surface area contributed by atoms with Gasteiger partial charge in [-0.05, 0) is 17.8 Å². The molecular formula is C26H29Cl2PZr. The molecule has 4 aromatic rings. The predicted octanol–water partition coefficient (Wildman–Crippen LogP) is 0.558. The van der Waals surface area contributed by atoms with Crippen LogP contribution < -0.4 is 35.4 Å². The van der Waals surface area contributed by atoms with E-state index in [4.69, 9.17) is 0 Å². The van der Waals surface area contributed by atoms with Crippen LogP contribution >= 0.6 is 8.58 Å². The van der Waals surface area contributed by atoms with Crippen molar-refractivity contribution in [2.75, 3.05) is 0 Å². The minimum atomic E-state index is 0. The molecule has 4 rings (SSSR count). The van der Waals surface area contributed by atoms with Crippen molar-refractivity contribution >= 4 is 30.0 Å². The van der Waals surface area contributed by atoms with E-state index in [1.54, 1.807) is 0 Å². The van der Waals surface area contributed by atoms with Crippen molar-refractivity contribution < 1.29 is 51.0 Å². The molecule has 0 saturated carbocycles. The van der Waals surface area contributed by atoms with E-state index in [0.29, 0.717) is 0 Å². The molecule has 0 aromatic heterocycles. The first kappa shape index (κ1) is 29.3. The maximum absolute atomic E-state index is 2.31. The SMILES string of the molecule is CCCC[c-]1cccc1C.Cc1ccccc1Pc1cc2ccccc2[cH-]1.[Cl-].[Cl-].[Zr+4]. The Kier molecular flexibility index (Phi) is 14.8. The molecule has 0 amide bonds. The number of hydrogen-bond donors (Lipinski definition) is 0. The monoisotopic (exact) mass is 532 g/mol. The predicted molar refractivity (Wildman–Crippen MR) is 124 cm³/mol. The molecule has 0 saturated heterocycles. The second-order valence-electron chi connectivity index (χ2n) is 7.15. The van der Waals surface area contributed by atoms with Gasteiger partial charge in [0.2, 0.25) is 0 Å². The van der Waals surface area contributed by atoms with Crippen LogP contribution in [0.4, 0.5) is 0 Å². The smallest absolute Gasteiger partial charge is 1.00 e. The fourth-order valence-electron chi connectivity index (χ4n) is 3.29. The van der Waals surface area contributed by atoms with Crippen molar-refractivity contribution in [3.05, 3.63) is 95.6 Å². The molecule has 0 N–H and O–H groups in total. The Hall–Kier alpha value is -0.707. The summed E-state index contributed by atoms with van der Waals surface area (Å²) in [5, 5.41) is 5.58. The van der Waals surface area contributed by atoms with Gasteiger partial charge in [-0.2, -0.15) is 23.3 Å². The van der Waals surface area contributed by atoms with E-state index in [0.717, 1.165) is 8.58 Å². The zero-order valence-corrected chi connectivity index (χ0v) is 22.9. The van der Waals surface area contributed by atoms with Crippen LogP contribution in [0.15, 0.2) is 78.9 Å². The summed E-state index contributed by atoms with van der Waals surface area (Å²) in [4.78, 5) is 0. The number of benzene rings is 2. The number of halogens is 2. The Bertz CT molecular complexity index is 954. The van der Waals surface area contributed by atoms with E-state index in [1.807, 2.05) is 0 Å². The van der Waals surface area contributed by atoms with Crippen LogP contribution in [0.2, 0.25) is 0 Å². The van der Waals surface area contributed by atoms with Crippen LogP contribution in [0.5, 0.6) is 0 Å². The van der Waals surface area contributed by atoms with Gasteiger partial charge in [-0.25, -0.2) is 12.1 Å². The summed E-state index contributed by atoms with van der Waals surface area (Å²) in [5.41, 5.74) is 4.37. The third-order valence-corrected chi connectivity index (χ3v) is 6.40. The Balaban J connectivity index is 0.000000569. The summed E-state index contributed by atoms with van der Waals surface area (Å²) in [6, 6.07) is 28.4. The molecule has 0 spiro atoms. The Morgan fingerprint density at radius 2 is 1.60 bits per heavy atom. The molecule has 4 heteroatoms. The number of fused-ring (bicyclic) bond motifs is 1. The van der Waals surface area contributed by atoms with Gasteiger partial charge in [0.05, 0.1) is 0 Å². The van der Waals surface area contributed by atoms with Crippen LogP contribution in [-0.2, 0) is 32.6 Å². The maximum Gasteiger partial charge on any atom is 4.00 e. The molecule has 156 valence electrons. The molecule has 30 heavy (non-hydrogen) atoms. The molecule has 1 atom stereocenters. The quantitative estimate of drug-likeness (QED) is 0.260. The second-order valence-corrected chi connectivity index (χ2v) is 8.52. The summed E-state index contributed by atoms with van der Waals surface area (Å²) >= 11 is 0. The number of aryl methyl sites for hydroxylation is 3. The van der Waals surface area contributed by atoms with Crippen molar-refractivity contribution in [1.82, 2.24) is 0 Å². The van der Waals surface area contributed by atoms with Crippen LogP contribution in [0.25, 0.3) is 10.8 Å². The molecule has 1 unspecified atom stereocenters. The topological polar surface area (TPSA) is 0 Å². The molecule has 0 nitrogen and oxygen atoms in total. The molecule has 0 radical (unpaired) electrons. The van der Waals surface area contributed by atoms with Crippen LogP contribution in [0.1, 0.15) is 36.5 Å². The van der Waals surface area contributed by atoms with Gasteiger partial charge < -0.3 is 24.8 Å². The van der Waals surface area contributed by atoms with E-state index < -0.39 is 0 Å². The van der Waals surface area contributed by atoms with Gasteiger partial charge >= 0.3 is 26.2 Å². The molecule has 0 aliphatic heterocycles. The largest absolute Gasteiger partial charge is 4.00 e.